The molecule has 0 aromatic heterocycles. The van der Waals surface area contributed by atoms with Crippen LogP contribution in [0.1, 0.15) is 13.8 Å². The summed E-state index contributed by atoms with van der Waals surface area (Å²) in [5.74, 6) is -3.81. The highest BCUT2D eigenvalue weighted by Gasteiger charge is 2.44. The summed E-state index contributed by atoms with van der Waals surface area (Å²) < 4.78 is 56.9. The summed E-state index contributed by atoms with van der Waals surface area (Å²) in [4.78, 5) is 11.4. The Kier molecular flexibility index (Phi) is 5.07. The van der Waals surface area contributed by atoms with Gasteiger partial charge in [-0.05, 0) is 6.92 Å². The van der Waals surface area contributed by atoms with E-state index in [1.54, 1.807) is 0 Å². The predicted molar refractivity (Wildman–Crippen MR) is 56.9 cm³/mol. The SMILES string of the molecule is CCOC(=O)C(C)(OS(C)(=O)=O)OS(C)(=O)=O. The van der Waals surface area contributed by atoms with E-state index in [0.717, 1.165) is 6.92 Å². The maximum atomic E-state index is 11.4. The first-order valence-corrected chi connectivity index (χ1v) is 8.01. The van der Waals surface area contributed by atoms with Gasteiger partial charge in [0.25, 0.3) is 26.0 Å². The van der Waals surface area contributed by atoms with Crippen molar-refractivity contribution < 1.29 is 34.7 Å². The summed E-state index contributed by atoms with van der Waals surface area (Å²) in [5, 5.41) is 0. The third-order valence-electron chi connectivity index (χ3n) is 1.27. The molecule has 0 aliphatic rings. The van der Waals surface area contributed by atoms with Crippen LogP contribution in [0.25, 0.3) is 0 Å². The molecule has 0 aliphatic heterocycles. The van der Waals surface area contributed by atoms with Gasteiger partial charge in [-0.1, -0.05) is 0 Å². The van der Waals surface area contributed by atoms with Crippen LogP contribution in [0, 0.1) is 0 Å². The van der Waals surface area contributed by atoms with E-state index in [1.165, 1.54) is 6.92 Å². The molecule has 0 unspecified atom stereocenters. The number of carbonyl (C=O) groups excluding carboxylic acids is 1. The molecule has 0 bridgehead atoms. The molecule has 0 atom stereocenters. The van der Waals surface area contributed by atoms with E-state index in [-0.39, 0.29) is 6.61 Å². The Morgan fingerprint density at radius 1 is 1.06 bits per heavy atom. The van der Waals surface area contributed by atoms with Crippen LogP contribution in [-0.4, -0.2) is 47.7 Å². The van der Waals surface area contributed by atoms with Gasteiger partial charge in [0.1, 0.15) is 0 Å². The standard InChI is InChI=1S/C7H14O8S2/c1-5-13-6(8)7(2,14-16(3,9)10)15-17(4,11)12/h5H2,1-4H3. The first-order chi connectivity index (χ1) is 7.40. The van der Waals surface area contributed by atoms with Crippen LogP contribution in [0.5, 0.6) is 0 Å². The number of rotatable bonds is 6. The summed E-state index contributed by atoms with van der Waals surface area (Å²) in [6.45, 7) is 2.21. The van der Waals surface area contributed by atoms with Gasteiger partial charge in [0, 0.05) is 6.92 Å². The highest BCUT2D eigenvalue weighted by atomic mass is 32.2. The normalized spacial score (nSPS) is 13.4. The molecule has 0 saturated carbocycles. The predicted octanol–water partition coefficient (Wildman–Crippen LogP) is -0.782. The van der Waals surface area contributed by atoms with Crippen molar-refractivity contribution >= 4 is 26.2 Å². The van der Waals surface area contributed by atoms with E-state index in [9.17, 15) is 21.6 Å². The average Bonchev–Trinajstić information content (AvgIpc) is 1.96. The van der Waals surface area contributed by atoms with Crippen LogP contribution in [0.15, 0.2) is 0 Å². The third-order valence-corrected chi connectivity index (χ3v) is 2.51. The summed E-state index contributed by atoms with van der Waals surface area (Å²) in [7, 11) is -8.22. The molecule has 0 spiro atoms. The second-order valence-electron chi connectivity index (χ2n) is 3.24. The number of esters is 1. The largest absolute Gasteiger partial charge is 0.462 e. The Morgan fingerprint density at radius 2 is 1.41 bits per heavy atom. The molecule has 10 heteroatoms. The Balaban J connectivity index is 5.28. The monoisotopic (exact) mass is 290 g/mol. The lowest BCUT2D eigenvalue weighted by atomic mass is 10.3. The van der Waals surface area contributed by atoms with Gasteiger partial charge >= 0.3 is 5.97 Å². The lowest BCUT2D eigenvalue weighted by Gasteiger charge is -2.24. The fraction of sp³-hybridized carbons (Fsp3) is 0.857. The molecular formula is C7H14O8S2. The Hall–Kier alpha value is -0.710. The second kappa shape index (κ2) is 5.29. The van der Waals surface area contributed by atoms with Crippen molar-refractivity contribution in [2.45, 2.75) is 19.6 Å². The quantitative estimate of drug-likeness (QED) is 0.355. The summed E-state index contributed by atoms with van der Waals surface area (Å²) in [6, 6.07) is 0. The molecule has 0 aromatic rings. The lowest BCUT2D eigenvalue weighted by molar-refractivity contribution is -0.185. The summed E-state index contributed by atoms with van der Waals surface area (Å²) in [6.07, 6.45) is 1.30. The molecule has 0 radical (unpaired) electrons. The number of hydrogen-bond acceptors (Lipinski definition) is 8. The highest BCUT2D eigenvalue weighted by molar-refractivity contribution is 7.86. The van der Waals surface area contributed by atoms with Gasteiger partial charge in [-0.15, -0.1) is 0 Å². The van der Waals surface area contributed by atoms with Crippen LogP contribution < -0.4 is 0 Å². The zero-order valence-corrected chi connectivity index (χ0v) is 11.4. The Bertz CT molecular complexity index is 440. The minimum Gasteiger partial charge on any atom is -0.462 e. The van der Waals surface area contributed by atoms with E-state index in [4.69, 9.17) is 0 Å². The van der Waals surface area contributed by atoms with Crippen molar-refractivity contribution in [2.75, 3.05) is 19.1 Å². The zero-order chi connectivity index (χ0) is 13.9. The van der Waals surface area contributed by atoms with Gasteiger partial charge in [0.15, 0.2) is 0 Å². The number of carbonyl (C=O) groups is 1. The third kappa shape index (κ3) is 6.56. The van der Waals surface area contributed by atoms with Gasteiger partial charge in [-0.2, -0.15) is 16.8 Å². The van der Waals surface area contributed by atoms with E-state index in [1.807, 2.05) is 0 Å². The van der Waals surface area contributed by atoms with Gasteiger partial charge in [-0.25, -0.2) is 13.2 Å². The van der Waals surface area contributed by atoms with E-state index < -0.39 is 32.0 Å². The Labute approximate surface area is 100 Å². The summed E-state index contributed by atoms with van der Waals surface area (Å²) >= 11 is 0. The van der Waals surface area contributed by atoms with Crippen molar-refractivity contribution in [1.29, 1.82) is 0 Å². The first kappa shape index (κ1) is 16.3. The van der Waals surface area contributed by atoms with Crippen LogP contribution in [0.4, 0.5) is 0 Å². The molecule has 0 aliphatic carbocycles. The molecule has 0 saturated heterocycles. The molecule has 17 heavy (non-hydrogen) atoms. The van der Waals surface area contributed by atoms with Gasteiger partial charge in [-0.3, -0.25) is 0 Å². The molecule has 0 rings (SSSR count). The molecule has 0 heterocycles. The van der Waals surface area contributed by atoms with Crippen LogP contribution in [0.2, 0.25) is 0 Å². The average molecular weight is 290 g/mol. The first-order valence-electron chi connectivity index (χ1n) is 4.38. The minimum atomic E-state index is -4.11. The van der Waals surface area contributed by atoms with Crippen molar-refractivity contribution in [3.63, 3.8) is 0 Å². The Morgan fingerprint density at radius 3 is 1.65 bits per heavy atom. The number of ether oxygens (including phenoxy) is 1. The number of hydrogen-bond donors (Lipinski definition) is 0. The fourth-order valence-corrected chi connectivity index (χ4v) is 2.32. The summed E-state index contributed by atoms with van der Waals surface area (Å²) in [5.41, 5.74) is 0. The fourth-order valence-electron chi connectivity index (χ4n) is 0.922. The minimum absolute atomic E-state index is 0.0886. The molecule has 8 nitrogen and oxygen atoms in total. The van der Waals surface area contributed by atoms with E-state index in [0.29, 0.717) is 12.5 Å². The molecule has 0 fully saturated rings. The van der Waals surface area contributed by atoms with Crippen molar-refractivity contribution in [3.05, 3.63) is 0 Å². The van der Waals surface area contributed by atoms with Crippen molar-refractivity contribution in [2.24, 2.45) is 0 Å². The molecule has 0 aromatic carbocycles. The van der Waals surface area contributed by atoms with E-state index in [2.05, 4.69) is 13.1 Å². The smallest absolute Gasteiger partial charge is 0.368 e. The van der Waals surface area contributed by atoms with Gasteiger partial charge < -0.3 is 4.74 Å². The van der Waals surface area contributed by atoms with Crippen molar-refractivity contribution in [1.82, 2.24) is 0 Å². The molecule has 102 valence electrons. The second-order valence-corrected chi connectivity index (χ2v) is 6.39. The van der Waals surface area contributed by atoms with Crippen LogP contribution in [0.3, 0.4) is 0 Å². The molecular weight excluding hydrogens is 276 g/mol. The zero-order valence-electron chi connectivity index (χ0n) is 9.79. The molecule has 0 N–H and O–H groups in total. The topological polar surface area (TPSA) is 113 Å². The van der Waals surface area contributed by atoms with E-state index >= 15 is 0 Å². The van der Waals surface area contributed by atoms with Gasteiger partial charge in [0.05, 0.1) is 19.1 Å². The van der Waals surface area contributed by atoms with Crippen LogP contribution in [-0.2, 0) is 38.1 Å². The maximum Gasteiger partial charge on any atom is 0.368 e. The highest BCUT2D eigenvalue weighted by Crippen LogP contribution is 2.20. The lowest BCUT2D eigenvalue weighted by Crippen LogP contribution is -2.45. The maximum absolute atomic E-state index is 11.4. The van der Waals surface area contributed by atoms with Crippen LogP contribution >= 0.6 is 0 Å². The molecule has 0 amide bonds. The van der Waals surface area contributed by atoms with Gasteiger partial charge in [0.2, 0.25) is 0 Å². The van der Waals surface area contributed by atoms with Crippen molar-refractivity contribution in [3.8, 4) is 0 Å².